The van der Waals surface area contributed by atoms with Gasteiger partial charge in [0.1, 0.15) is 13.2 Å². The van der Waals surface area contributed by atoms with E-state index < -0.39 is 0 Å². The van der Waals surface area contributed by atoms with Crippen LogP contribution in [0.15, 0.2) is 0 Å². The number of nitrogens with zero attached hydrogens (tertiary/aromatic N) is 1. The maximum absolute atomic E-state index is 11.3. The van der Waals surface area contributed by atoms with Crippen molar-refractivity contribution in [2.45, 2.75) is 32.3 Å². The van der Waals surface area contributed by atoms with Gasteiger partial charge in [0.2, 0.25) is 5.91 Å². The normalized spacial score (nSPS) is 20.2. The van der Waals surface area contributed by atoms with Crippen molar-refractivity contribution in [2.75, 3.05) is 26.8 Å². The molecule has 0 saturated carbocycles. The maximum atomic E-state index is 11.3. The molecule has 0 radical (unpaired) electrons. The minimum absolute atomic E-state index is 0.00204. The third-order valence-electron chi connectivity index (χ3n) is 2.61. The molecule has 92 valence electrons. The fourth-order valence-electron chi connectivity index (χ4n) is 1.48. The van der Waals surface area contributed by atoms with E-state index in [0.717, 1.165) is 25.9 Å². The first-order valence-corrected chi connectivity index (χ1v) is 5.58. The van der Waals surface area contributed by atoms with Gasteiger partial charge >= 0.3 is 5.97 Å². The van der Waals surface area contributed by atoms with E-state index >= 15 is 0 Å². The molecule has 0 bridgehead atoms. The number of likely N-dealkylation sites (N-methyl/N-ethyl adjacent to an activating group) is 1. The number of rotatable bonds is 4. The largest absolute Gasteiger partial charge is 0.462 e. The summed E-state index contributed by atoms with van der Waals surface area (Å²) in [4.78, 5) is 23.5. The first kappa shape index (κ1) is 13.0. The molecule has 1 aliphatic heterocycles. The van der Waals surface area contributed by atoms with Gasteiger partial charge in [-0.2, -0.15) is 0 Å². The monoisotopic (exact) mass is 229 g/mol. The molecule has 0 N–H and O–H groups in total. The lowest BCUT2D eigenvalue weighted by molar-refractivity contribution is -0.152. The Balaban J connectivity index is 2.16. The van der Waals surface area contributed by atoms with E-state index in [1.54, 1.807) is 7.05 Å². The highest BCUT2D eigenvalue weighted by Gasteiger charge is 2.17. The quantitative estimate of drug-likeness (QED) is 0.662. The van der Waals surface area contributed by atoms with Gasteiger partial charge in [-0.1, -0.05) is 0 Å². The second kappa shape index (κ2) is 6.48. The molecule has 1 rings (SSSR count). The lowest BCUT2D eigenvalue weighted by Gasteiger charge is -2.22. The SMILES string of the molecule is CC(=O)N(C)CC(=O)OCC1CCCCO1. The minimum atomic E-state index is -0.383. The van der Waals surface area contributed by atoms with Gasteiger partial charge in [-0.25, -0.2) is 0 Å². The van der Waals surface area contributed by atoms with Crippen LogP contribution in [-0.4, -0.2) is 49.7 Å². The zero-order valence-electron chi connectivity index (χ0n) is 9.90. The first-order chi connectivity index (χ1) is 7.59. The second-order valence-electron chi connectivity index (χ2n) is 4.05. The van der Waals surface area contributed by atoms with Gasteiger partial charge in [0, 0.05) is 20.6 Å². The van der Waals surface area contributed by atoms with Gasteiger partial charge in [0.15, 0.2) is 0 Å². The van der Waals surface area contributed by atoms with Gasteiger partial charge in [-0.3, -0.25) is 9.59 Å². The Hall–Kier alpha value is -1.10. The van der Waals surface area contributed by atoms with Crippen LogP contribution < -0.4 is 0 Å². The summed E-state index contributed by atoms with van der Waals surface area (Å²) in [6, 6.07) is 0. The highest BCUT2D eigenvalue weighted by molar-refractivity contribution is 5.80. The molecule has 0 spiro atoms. The van der Waals surface area contributed by atoms with Crippen LogP contribution in [-0.2, 0) is 19.1 Å². The Bertz CT molecular complexity index is 248. The molecule has 0 aromatic heterocycles. The molecular formula is C11H19NO4. The number of hydrogen-bond acceptors (Lipinski definition) is 4. The van der Waals surface area contributed by atoms with Crippen molar-refractivity contribution < 1.29 is 19.1 Å². The van der Waals surface area contributed by atoms with Crippen LogP contribution in [0, 0.1) is 0 Å². The summed E-state index contributed by atoms with van der Waals surface area (Å²) in [5.41, 5.74) is 0. The lowest BCUT2D eigenvalue weighted by Crippen LogP contribution is -2.33. The number of carbonyl (C=O) groups is 2. The van der Waals surface area contributed by atoms with Crippen molar-refractivity contribution in [3.05, 3.63) is 0 Å². The van der Waals surface area contributed by atoms with Crippen LogP contribution in [0.25, 0.3) is 0 Å². The highest BCUT2D eigenvalue weighted by Crippen LogP contribution is 2.12. The van der Waals surface area contributed by atoms with Crippen LogP contribution in [0.1, 0.15) is 26.2 Å². The van der Waals surface area contributed by atoms with Crippen LogP contribution in [0.5, 0.6) is 0 Å². The van der Waals surface area contributed by atoms with Gasteiger partial charge in [0.05, 0.1) is 6.10 Å². The Labute approximate surface area is 95.7 Å². The average molecular weight is 229 g/mol. The number of esters is 1. The summed E-state index contributed by atoms with van der Waals surface area (Å²) in [6.07, 6.45) is 3.17. The molecule has 1 saturated heterocycles. The summed E-state index contributed by atoms with van der Waals surface area (Å²) in [5.74, 6) is -0.530. The Kier molecular flexibility index (Phi) is 5.25. The van der Waals surface area contributed by atoms with Gasteiger partial charge < -0.3 is 14.4 Å². The van der Waals surface area contributed by atoms with Gasteiger partial charge in [-0.15, -0.1) is 0 Å². The standard InChI is InChI=1S/C11H19NO4/c1-9(13)12(2)7-11(14)16-8-10-5-3-4-6-15-10/h10H,3-8H2,1-2H3. The number of carbonyl (C=O) groups excluding carboxylic acids is 2. The molecule has 1 atom stereocenters. The lowest BCUT2D eigenvalue weighted by atomic mass is 10.1. The maximum Gasteiger partial charge on any atom is 0.325 e. The van der Waals surface area contributed by atoms with Crippen molar-refractivity contribution in [3.8, 4) is 0 Å². The Morgan fingerprint density at radius 2 is 2.19 bits per heavy atom. The molecule has 0 aliphatic carbocycles. The molecular weight excluding hydrogens is 210 g/mol. The van der Waals surface area contributed by atoms with E-state index in [9.17, 15) is 9.59 Å². The fourth-order valence-corrected chi connectivity index (χ4v) is 1.48. The van der Waals surface area contributed by atoms with E-state index in [4.69, 9.17) is 9.47 Å². The van der Waals surface area contributed by atoms with Crippen molar-refractivity contribution >= 4 is 11.9 Å². The van der Waals surface area contributed by atoms with Crippen molar-refractivity contribution in [1.82, 2.24) is 4.90 Å². The predicted octanol–water partition coefficient (Wildman–Crippen LogP) is 0.577. The fraction of sp³-hybridized carbons (Fsp3) is 0.818. The van der Waals surface area contributed by atoms with Crippen LogP contribution in [0.4, 0.5) is 0 Å². The molecule has 1 aliphatic rings. The van der Waals surface area contributed by atoms with Gasteiger partial charge in [-0.05, 0) is 19.3 Å². The smallest absolute Gasteiger partial charge is 0.325 e. The summed E-state index contributed by atoms with van der Waals surface area (Å²) in [5, 5.41) is 0. The molecule has 5 nitrogen and oxygen atoms in total. The summed E-state index contributed by atoms with van der Waals surface area (Å²) >= 11 is 0. The van der Waals surface area contributed by atoms with Crippen LogP contribution in [0.3, 0.4) is 0 Å². The minimum Gasteiger partial charge on any atom is -0.462 e. The molecule has 1 unspecified atom stereocenters. The first-order valence-electron chi connectivity index (χ1n) is 5.58. The molecule has 16 heavy (non-hydrogen) atoms. The zero-order chi connectivity index (χ0) is 12.0. The third kappa shape index (κ3) is 4.61. The Morgan fingerprint density at radius 1 is 1.44 bits per heavy atom. The molecule has 0 aromatic rings. The summed E-state index contributed by atoms with van der Waals surface area (Å²) in [7, 11) is 1.57. The molecule has 1 heterocycles. The summed E-state index contributed by atoms with van der Waals surface area (Å²) < 4.78 is 10.5. The van der Waals surface area contributed by atoms with Gasteiger partial charge in [0.25, 0.3) is 0 Å². The van der Waals surface area contributed by atoms with Crippen molar-refractivity contribution in [3.63, 3.8) is 0 Å². The number of amides is 1. The molecule has 5 heteroatoms. The van der Waals surface area contributed by atoms with E-state index in [1.165, 1.54) is 11.8 Å². The summed E-state index contributed by atoms with van der Waals surface area (Å²) in [6.45, 7) is 2.46. The van der Waals surface area contributed by atoms with Crippen molar-refractivity contribution in [1.29, 1.82) is 0 Å². The molecule has 1 amide bonds. The molecule has 0 aromatic carbocycles. The topological polar surface area (TPSA) is 55.8 Å². The van der Waals surface area contributed by atoms with E-state index in [0.29, 0.717) is 6.61 Å². The average Bonchev–Trinajstić information content (AvgIpc) is 2.27. The van der Waals surface area contributed by atoms with Crippen LogP contribution in [0.2, 0.25) is 0 Å². The second-order valence-corrected chi connectivity index (χ2v) is 4.05. The van der Waals surface area contributed by atoms with E-state index in [2.05, 4.69) is 0 Å². The zero-order valence-corrected chi connectivity index (χ0v) is 9.90. The predicted molar refractivity (Wildman–Crippen MR) is 57.9 cm³/mol. The number of ether oxygens (including phenoxy) is 2. The van der Waals surface area contributed by atoms with Crippen LogP contribution >= 0.6 is 0 Å². The van der Waals surface area contributed by atoms with E-state index in [1.807, 2.05) is 0 Å². The highest BCUT2D eigenvalue weighted by atomic mass is 16.6. The molecule has 1 fully saturated rings. The Morgan fingerprint density at radius 3 is 2.75 bits per heavy atom. The third-order valence-corrected chi connectivity index (χ3v) is 2.61. The van der Waals surface area contributed by atoms with Crippen molar-refractivity contribution in [2.24, 2.45) is 0 Å². The van der Waals surface area contributed by atoms with E-state index in [-0.39, 0.29) is 24.5 Å². The number of hydrogen-bond donors (Lipinski definition) is 0.